The molecular weight excluding hydrogens is 488 g/mol. The van der Waals surface area contributed by atoms with E-state index in [2.05, 4.69) is 10.6 Å². The predicted molar refractivity (Wildman–Crippen MR) is 140 cm³/mol. The highest BCUT2D eigenvalue weighted by Crippen LogP contribution is 2.37. The smallest absolute Gasteiger partial charge is 0.341 e. The van der Waals surface area contributed by atoms with Gasteiger partial charge >= 0.3 is 17.9 Å². The molecule has 35 heavy (non-hydrogen) atoms. The summed E-state index contributed by atoms with van der Waals surface area (Å²) >= 11 is 7.02. The summed E-state index contributed by atoms with van der Waals surface area (Å²) in [6.45, 7) is 3.85. The van der Waals surface area contributed by atoms with E-state index in [0.717, 1.165) is 42.5 Å². The third-order valence-corrected chi connectivity index (χ3v) is 6.97. The van der Waals surface area contributed by atoms with Gasteiger partial charge in [-0.15, -0.1) is 11.3 Å². The molecule has 0 aliphatic heterocycles. The van der Waals surface area contributed by atoms with Crippen LogP contribution in [0.1, 0.15) is 81.0 Å². The molecule has 0 unspecified atom stereocenters. The predicted octanol–water partition coefficient (Wildman–Crippen LogP) is 5.36. The number of hydrogen-bond donors (Lipinski definition) is 2. The summed E-state index contributed by atoms with van der Waals surface area (Å²) in [5.41, 5.74) is 2.30. The van der Waals surface area contributed by atoms with Gasteiger partial charge in [0.25, 0.3) is 0 Å². The van der Waals surface area contributed by atoms with Crippen molar-refractivity contribution in [2.24, 2.45) is 0 Å². The van der Waals surface area contributed by atoms with E-state index in [1.165, 1.54) is 43.1 Å². The summed E-state index contributed by atoms with van der Waals surface area (Å²) in [5.74, 6) is -1.48. The molecule has 1 aliphatic carbocycles. The number of methoxy groups -OCH3 is 1. The maximum absolute atomic E-state index is 12.7. The molecule has 2 N–H and O–H groups in total. The Bertz CT molecular complexity index is 1110. The van der Waals surface area contributed by atoms with Crippen LogP contribution in [0, 0.1) is 0 Å². The summed E-state index contributed by atoms with van der Waals surface area (Å²) in [6, 6.07) is 4.49. The van der Waals surface area contributed by atoms with Gasteiger partial charge < -0.3 is 24.8 Å². The van der Waals surface area contributed by atoms with Crippen molar-refractivity contribution in [2.45, 2.75) is 52.4 Å². The van der Waals surface area contributed by atoms with E-state index in [4.69, 9.17) is 26.4 Å². The van der Waals surface area contributed by atoms with Crippen molar-refractivity contribution in [3.05, 3.63) is 45.3 Å². The SMILES string of the molecule is CCOC(=O)c1ccc(C(=O)OCC)c(NC(=S)Nc2sc3c(c2C(=O)OC)CCCCCC3)c1. The number of benzene rings is 1. The first-order valence-corrected chi connectivity index (χ1v) is 12.9. The molecule has 0 bridgehead atoms. The third-order valence-electron chi connectivity index (χ3n) is 5.56. The Morgan fingerprint density at radius 2 is 1.63 bits per heavy atom. The molecule has 0 spiro atoms. The number of ether oxygens (including phenoxy) is 3. The first-order valence-electron chi connectivity index (χ1n) is 11.7. The van der Waals surface area contributed by atoms with Gasteiger partial charge in [0.05, 0.1) is 42.7 Å². The van der Waals surface area contributed by atoms with E-state index < -0.39 is 17.9 Å². The maximum atomic E-state index is 12.7. The molecule has 8 nitrogen and oxygen atoms in total. The number of thiophene rings is 1. The second-order valence-electron chi connectivity index (χ2n) is 7.89. The molecule has 0 fully saturated rings. The summed E-state index contributed by atoms with van der Waals surface area (Å²) in [6.07, 6.45) is 6.10. The Morgan fingerprint density at radius 3 is 2.31 bits per heavy atom. The first kappa shape index (κ1) is 26.6. The Balaban J connectivity index is 1.91. The molecular formula is C25H30N2O6S2. The second-order valence-corrected chi connectivity index (χ2v) is 9.41. The highest BCUT2D eigenvalue weighted by Gasteiger charge is 2.26. The van der Waals surface area contributed by atoms with Crippen LogP contribution in [0.4, 0.5) is 10.7 Å². The Labute approximate surface area is 214 Å². The third kappa shape index (κ3) is 6.58. The summed E-state index contributed by atoms with van der Waals surface area (Å²) in [4.78, 5) is 38.6. The monoisotopic (exact) mass is 518 g/mol. The fraction of sp³-hybridized carbons (Fsp3) is 0.440. The van der Waals surface area contributed by atoms with Gasteiger partial charge in [-0.25, -0.2) is 14.4 Å². The van der Waals surface area contributed by atoms with Crippen molar-refractivity contribution in [1.29, 1.82) is 0 Å². The number of nitrogens with one attached hydrogen (secondary N) is 2. The van der Waals surface area contributed by atoms with Gasteiger partial charge in [-0.2, -0.15) is 0 Å². The van der Waals surface area contributed by atoms with Gasteiger partial charge in [0.15, 0.2) is 5.11 Å². The summed E-state index contributed by atoms with van der Waals surface area (Å²) in [5, 5.41) is 6.87. The number of anilines is 2. The summed E-state index contributed by atoms with van der Waals surface area (Å²) in [7, 11) is 1.36. The maximum Gasteiger partial charge on any atom is 0.341 e. The van der Waals surface area contributed by atoms with Crippen LogP contribution >= 0.6 is 23.6 Å². The van der Waals surface area contributed by atoms with E-state index in [9.17, 15) is 14.4 Å². The largest absolute Gasteiger partial charge is 0.465 e. The van der Waals surface area contributed by atoms with Crippen molar-refractivity contribution in [3.8, 4) is 0 Å². The molecule has 0 saturated carbocycles. The number of carbonyl (C=O) groups is 3. The molecule has 3 rings (SSSR count). The molecule has 1 aliphatic rings. The van der Waals surface area contributed by atoms with Crippen LogP contribution < -0.4 is 10.6 Å². The highest BCUT2D eigenvalue weighted by atomic mass is 32.1. The van der Waals surface area contributed by atoms with Crippen LogP contribution in [0.15, 0.2) is 18.2 Å². The summed E-state index contributed by atoms with van der Waals surface area (Å²) < 4.78 is 15.3. The van der Waals surface area contributed by atoms with E-state index >= 15 is 0 Å². The number of aryl methyl sites for hydroxylation is 1. The molecule has 188 valence electrons. The van der Waals surface area contributed by atoms with Gasteiger partial charge in [0.2, 0.25) is 0 Å². The van der Waals surface area contributed by atoms with Crippen LogP contribution in [-0.2, 0) is 27.1 Å². The highest BCUT2D eigenvalue weighted by molar-refractivity contribution is 7.80. The van der Waals surface area contributed by atoms with Crippen LogP contribution in [0.2, 0.25) is 0 Å². The van der Waals surface area contributed by atoms with Crippen molar-refractivity contribution in [3.63, 3.8) is 0 Å². The minimum Gasteiger partial charge on any atom is -0.465 e. The number of fused-ring (bicyclic) bond motifs is 1. The molecule has 0 atom stereocenters. The molecule has 0 radical (unpaired) electrons. The van der Waals surface area contributed by atoms with Crippen molar-refractivity contribution < 1.29 is 28.6 Å². The van der Waals surface area contributed by atoms with Crippen molar-refractivity contribution in [2.75, 3.05) is 31.0 Å². The average Bonchev–Trinajstić information content (AvgIpc) is 3.14. The molecule has 0 saturated heterocycles. The Kier molecular flexibility index (Phi) is 9.62. The fourth-order valence-corrected chi connectivity index (χ4v) is 5.52. The zero-order valence-electron chi connectivity index (χ0n) is 20.2. The second kappa shape index (κ2) is 12.6. The van der Waals surface area contributed by atoms with Gasteiger partial charge in [-0.3, -0.25) is 0 Å². The number of rotatable bonds is 7. The standard InChI is InChI=1S/C25H30N2O6S2/c1-4-32-22(28)15-12-13-16(23(29)33-5-2)18(14-15)26-25(34)27-21-20(24(30)31-3)17-10-8-6-7-9-11-19(17)35-21/h12-14H,4-11H2,1-3H3,(H2,26,27,34). The Hall–Kier alpha value is -2.98. The number of thiocarbonyl (C=S) groups is 1. The number of carbonyl (C=O) groups excluding carboxylic acids is 3. The normalized spacial score (nSPS) is 13.0. The fourth-order valence-electron chi connectivity index (χ4n) is 3.96. The van der Waals surface area contributed by atoms with Gasteiger partial charge in [-0.05, 0) is 75.5 Å². The van der Waals surface area contributed by atoms with Crippen molar-refractivity contribution in [1.82, 2.24) is 0 Å². The minimum atomic E-state index is -0.553. The van der Waals surface area contributed by atoms with Crippen LogP contribution in [0.25, 0.3) is 0 Å². The molecule has 2 aromatic rings. The molecule has 0 amide bonds. The molecule has 1 aromatic heterocycles. The van der Waals surface area contributed by atoms with Crippen LogP contribution in [0.5, 0.6) is 0 Å². The van der Waals surface area contributed by atoms with Crippen LogP contribution in [-0.4, -0.2) is 43.3 Å². The van der Waals surface area contributed by atoms with E-state index in [-0.39, 0.29) is 29.5 Å². The quantitative estimate of drug-likeness (QED) is 0.285. The van der Waals surface area contributed by atoms with Gasteiger partial charge in [0, 0.05) is 4.88 Å². The number of esters is 3. The molecule has 1 heterocycles. The first-order chi connectivity index (χ1) is 16.9. The van der Waals surface area contributed by atoms with Crippen molar-refractivity contribution >= 4 is 57.3 Å². The molecule has 1 aromatic carbocycles. The lowest BCUT2D eigenvalue weighted by atomic mass is 9.96. The minimum absolute atomic E-state index is 0.163. The Morgan fingerprint density at radius 1 is 0.943 bits per heavy atom. The van der Waals surface area contributed by atoms with E-state index in [0.29, 0.717) is 16.3 Å². The average molecular weight is 519 g/mol. The molecule has 10 heteroatoms. The number of hydrogen-bond acceptors (Lipinski definition) is 8. The zero-order valence-corrected chi connectivity index (χ0v) is 21.8. The van der Waals surface area contributed by atoms with E-state index in [1.807, 2.05) is 0 Å². The lowest BCUT2D eigenvalue weighted by Crippen LogP contribution is -2.22. The van der Waals surface area contributed by atoms with Gasteiger partial charge in [0.1, 0.15) is 5.00 Å². The zero-order chi connectivity index (χ0) is 25.4. The van der Waals surface area contributed by atoms with Crippen LogP contribution in [0.3, 0.4) is 0 Å². The topological polar surface area (TPSA) is 103 Å². The van der Waals surface area contributed by atoms with E-state index in [1.54, 1.807) is 13.8 Å². The lowest BCUT2D eigenvalue weighted by molar-refractivity contribution is 0.0512. The lowest BCUT2D eigenvalue weighted by Gasteiger charge is -2.15. The van der Waals surface area contributed by atoms with Gasteiger partial charge in [-0.1, -0.05) is 12.8 Å².